The van der Waals surface area contributed by atoms with Gasteiger partial charge in [-0.2, -0.15) is 5.10 Å². The van der Waals surface area contributed by atoms with Crippen molar-refractivity contribution in [1.29, 1.82) is 0 Å². The lowest BCUT2D eigenvalue weighted by Gasteiger charge is -2.03. The van der Waals surface area contributed by atoms with Gasteiger partial charge in [-0.15, -0.1) is 0 Å². The largest absolute Gasteiger partial charge is 0.420 e. The van der Waals surface area contributed by atoms with E-state index < -0.39 is 5.76 Å². The fraction of sp³-hybridized carbons (Fsp3) is 0.150. The molecule has 0 bridgehead atoms. The maximum absolute atomic E-state index is 12.7. The summed E-state index contributed by atoms with van der Waals surface area (Å²) in [6.07, 6.45) is 0. The Kier molecular flexibility index (Phi) is 4.20. The SMILES string of the molecule is Cc1ccc(C(=O)c2ccc3c(c2)oc(=O)n3Cc2cc(Cl)n(C)n2)cc1. The van der Waals surface area contributed by atoms with E-state index in [1.807, 2.05) is 19.1 Å². The monoisotopic (exact) mass is 381 g/mol. The normalized spacial score (nSPS) is 11.2. The van der Waals surface area contributed by atoms with Gasteiger partial charge in [-0.05, 0) is 25.1 Å². The molecule has 0 atom stereocenters. The van der Waals surface area contributed by atoms with Crippen LogP contribution >= 0.6 is 11.6 Å². The lowest BCUT2D eigenvalue weighted by molar-refractivity contribution is 0.103. The number of halogens is 1. The van der Waals surface area contributed by atoms with Crippen LogP contribution < -0.4 is 5.76 Å². The van der Waals surface area contributed by atoms with Gasteiger partial charge in [0.1, 0.15) is 5.15 Å². The van der Waals surface area contributed by atoms with E-state index in [2.05, 4.69) is 5.10 Å². The van der Waals surface area contributed by atoms with Crippen LogP contribution in [0.3, 0.4) is 0 Å². The van der Waals surface area contributed by atoms with Crippen LogP contribution in [0, 0.1) is 6.92 Å². The van der Waals surface area contributed by atoms with E-state index in [4.69, 9.17) is 16.0 Å². The van der Waals surface area contributed by atoms with Crippen molar-refractivity contribution >= 4 is 28.5 Å². The van der Waals surface area contributed by atoms with Gasteiger partial charge in [-0.1, -0.05) is 41.4 Å². The van der Waals surface area contributed by atoms with Crippen molar-refractivity contribution in [3.05, 3.63) is 86.6 Å². The lowest BCUT2D eigenvalue weighted by atomic mass is 10.0. The summed E-state index contributed by atoms with van der Waals surface area (Å²) in [5.41, 5.74) is 3.74. The van der Waals surface area contributed by atoms with Crippen molar-refractivity contribution in [2.24, 2.45) is 7.05 Å². The second-order valence-corrected chi connectivity index (χ2v) is 6.80. The summed E-state index contributed by atoms with van der Waals surface area (Å²) in [4.78, 5) is 24.9. The Hall–Kier alpha value is -3.12. The van der Waals surface area contributed by atoms with Crippen LogP contribution in [0.4, 0.5) is 0 Å². The summed E-state index contributed by atoms with van der Waals surface area (Å²) in [5, 5.41) is 4.74. The standard InChI is InChI=1S/C20H16ClN3O3/c1-12-3-5-13(6-4-12)19(25)14-7-8-16-17(9-14)27-20(26)24(16)11-15-10-18(21)23(2)22-15/h3-10H,11H2,1-2H3. The van der Waals surface area contributed by atoms with Crippen LogP contribution in [0.15, 0.2) is 57.7 Å². The van der Waals surface area contributed by atoms with E-state index in [1.54, 1.807) is 43.4 Å². The molecule has 0 saturated heterocycles. The first kappa shape index (κ1) is 17.3. The third kappa shape index (κ3) is 3.19. The Morgan fingerprint density at radius 3 is 2.48 bits per heavy atom. The quantitative estimate of drug-likeness (QED) is 0.507. The third-order valence-corrected chi connectivity index (χ3v) is 4.79. The first-order valence-electron chi connectivity index (χ1n) is 8.35. The van der Waals surface area contributed by atoms with Crippen molar-refractivity contribution in [3.63, 3.8) is 0 Å². The second-order valence-electron chi connectivity index (χ2n) is 6.41. The maximum atomic E-state index is 12.7. The third-order valence-electron chi connectivity index (χ3n) is 4.44. The van der Waals surface area contributed by atoms with Crippen molar-refractivity contribution in [2.75, 3.05) is 0 Å². The number of nitrogens with zero attached hydrogens (tertiary/aromatic N) is 3. The molecule has 4 aromatic rings. The van der Waals surface area contributed by atoms with Crippen LogP contribution in [0.25, 0.3) is 11.1 Å². The molecule has 0 aliphatic heterocycles. The lowest BCUT2D eigenvalue weighted by Crippen LogP contribution is -2.15. The molecule has 0 aliphatic rings. The molecule has 0 fully saturated rings. The van der Waals surface area contributed by atoms with Crippen LogP contribution in [-0.4, -0.2) is 20.1 Å². The van der Waals surface area contributed by atoms with Gasteiger partial charge in [0, 0.05) is 24.2 Å². The second kappa shape index (κ2) is 6.55. The number of oxazole rings is 1. The molecule has 0 amide bonds. The predicted molar refractivity (Wildman–Crippen MR) is 102 cm³/mol. The van der Waals surface area contributed by atoms with Crippen LogP contribution in [0.1, 0.15) is 27.2 Å². The molecule has 7 heteroatoms. The van der Waals surface area contributed by atoms with Crippen LogP contribution in [-0.2, 0) is 13.6 Å². The van der Waals surface area contributed by atoms with Crippen LogP contribution in [0.2, 0.25) is 5.15 Å². The summed E-state index contributed by atoms with van der Waals surface area (Å²) in [5.74, 6) is -0.629. The van der Waals surface area contributed by atoms with Gasteiger partial charge in [0.2, 0.25) is 0 Å². The molecule has 0 aliphatic carbocycles. The Morgan fingerprint density at radius 2 is 1.81 bits per heavy atom. The molecule has 2 heterocycles. The molecule has 2 aromatic heterocycles. The first-order valence-corrected chi connectivity index (χ1v) is 8.73. The minimum Gasteiger partial charge on any atom is -0.408 e. The molecule has 0 unspecified atom stereocenters. The van der Waals surface area contributed by atoms with E-state index in [1.165, 1.54) is 9.25 Å². The Morgan fingerprint density at radius 1 is 1.11 bits per heavy atom. The zero-order valence-electron chi connectivity index (χ0n) is 14.8. The molecule has 0 N–H and O–H groups in total. The van der Waals surface area contributed by atoms with E-state index in [9.17, 15) is 9.59 Å². The van der Waals surface area contributed by atoms with Gasteiger partial charge in [0.05, 0.1) is 17.8 Å². The summed E-state index contributed by atoms with van der Waals surface area (Å²) >= 11 is 6.00. The average Bonchev–Trinajstić information content (AvgIpc) is 3.13. The minimum absolute atomic E-state index is 0.121. The fourth-order valence-electron chi connectivity index (χ4n) is 2.97. The summed E-state index contributed by atoms with van der Waals surface area (Å²) in [7, 11) is 1.73. The van der Waals surface area contributed by atoms with E-state index in [0.29, 0.717) is 33.1 Å². The van der Waals surface area contributed by atoms with Gasteiger partial charge in [0.15, 0.2) is 11.4 Å². The molecule has 0 saturated carbocycles. The highest BCUT2D eigenvalue weighted by atomic mass is 35.5. The molecular formula is C20H16ClN3O3. The smallest absolute Gasteiger partial charge is 0.408 e. The molecule has 0 spiro atoms. The number of hydrogen-bond donors (Lipinski definition) is 0. The molecular weight excluding hydrogens is 366 g/mol. The molecule has 6 nitrogen and oxygen atoms in total. The number of benzene rings is 2. The van der Waals surface area contributed by atoms with E-state index in [0.717, 1.165) is 5.56 Å². The number of fused-ring (bicyclic) bond motifs is 1. The number of ketones is 1. The molecule has 4 rings (SSSR count). The summed E-state index contributed by atoms with van der Waals surface area (Å²) < 4.78 is 8.34. The van der Waals surface area contributed by atoms with Crippen molar-refractivity contribution in [2.45, 2.75) is 13.5 Å². The van der Waals surface area contributed by atoms with Crippen molar-refractivity contribution < 1.29 is 9.21 Å². The molecule has 136 valence electrons. The maximum Gasteiger partial charge on any atom is 0.420 e. The fourth-order valence-corrected chi connectivity index (χ4v) is 3.13. The molecule has 0 radical (unpaired) electrons. The Balaban J connectivity index is 1.71. The zero-order valence-corrected chi connectivity index (χ0v) is 15.5. The number of hydrogen-bond acceptors (Lipinski definition) is 4. The highest BCUT2D eigenvalue weighted by Crippen LogP contribution is 2.19. The molecule has 2 aromatic carbocycles. The highest BCUT2D eigenvalue weighted by Gasteiger charge is 2.15. The van der Waals surface area contributed by atoms with Gasteiger partial charge >= 0.3 is 5.76 Å². The number of aromatic nitrogens is 3. The molecule has 27 heavy (non-hydrogen) atoms. The average molecular weight is 382 g/mol. The summed E-state index contributed by atoms with van der Waals surface area (Å²) in [6.45, 7) is 2.20. The number of carbonyl (C=O) groups excluding carboxylic acids is 1. The summed E-state index contributed by atoms with van der Waals surface area (Å²) in [6, 6.07) is 14.1. The highest BCUT2D eigenvalue weighted by molar-refractivity contribution is 6.29. The van der Waals surface area contributed by atoms with Crippen molar-refractivity contribution in [3.8, 4) is 0 Å². The van der Waals surface area contributed by atoms with Crippen molar-refractivity contribution in [1.82, 2.24) is 14.3 Å². The first-order chi connectivity index (χ1) is 12.9. The Bertz CT molecular complexity index is 1200. The zero-order chi connectivity index (χ0) is 19.1. The number of aryl methyl sites for hydroxylation is 2. The Labute approximate surface area is 159 Å². The van der Waals surface area contributed by atoms with E-state index in [-0.39, 0.29) is 12.3 Å². The van der Waals surface area contributed by atoms with Crippen LogP contribution in [0.5, 0.6) is 0 Å². The number of carbonyl (C=O) groups is 1. The number of rotatable bonds is 4. The van der Waals surface area contributed by atoms with E-state index >= 15 is 0 Å². The van der Waals surface area contributed by atoms with Gasteiger partial charge < -0.3 is 4.42 Å². The van der Waals surface area contributed by atoms with Gasteiger partial charge in [-0.25, -0.2) is 4.79 Å². The minimum atomic E-state index is -0.508. The topological polar surface area (TPSA) is 70.0 Å². The predicted octanol–water partition coefficient (Wildman–Crippen LogP) is 3.57. The van der Waals surface area contributed by atoms with Gasteiger partial charge in [0.25, 0.3) is 0 Å². The van der Waals surface area contributed by atoms with Gasteiger partial charge in [-0.3, -0.25) is 14.0 Å².